The fraction of sp³-hybridized carbons (Fsp3) is 0.692. The van der Waals surface area contributed by atoms with Gasteiger partial charge in [-0.05, 0) is 32.6 Å². The van der Waals surface area contributed by atoms with Crippen molar-refractivity contribution >= 4 is 5.82 Å². The zero-order valence-electron chi connectivity index (χ0n) is 10.5. The summed E-state index contributed by atoms with van der Waals surface area (Å²) in [5, 5.41) is 0. The van der Waals surface area contributed by atoms with Crippen molar-refractivity contribution in [2.75, 3.05) is 18.0 Å². The van der Waals surface area contributed by atoms with Crippen LogP contribution in [0.15, 0.2) is 12.4 Å². The minimum absolute atomic E-state index is 0.296. The second-order valence-electron chi connectivity index (χ2n) is 5.25. The smallest absolute Gasteiger partial charge is 0.132 e. The Morgan fingerprint density at radius 1 is 1.29 bits per heavy atom. The summed E-state index contributed by atoms with van der Waals surface area (Å²) in [5.41, 5.74) is 1.03. The van der Waals surface area contributed by atoms with E-state index in [-0.39, 0.29) is 0 Å². The number of aryl methyl sites for hydroxylation is 1. The molecule has 4 nitrogen and oxygen atoms in total. The summed E-state index contributed by atoms with van der Waals surface area (Å²) in [6, 6.07) is 2.06. The monoisotopic (exact) mass is 233 g/mol. The zero-order chi connectivity index (χ0) is 11.8. The molecule has 1 saturated heterocycles. The highest BCUT2D eigenvalue weighted by Crippen LogP contribution is 2.37. The van der Waals surface area contributed by atoms with Crippen LogP contribution >= 0.6 is 0 Å². The van der Waals surface area contributed by atoms with E-state index < -0.39 is 0 Å². The van der Waals surface area contributed by atoms with Gasteiger partial charge in [-0.25, -0.2) is 9.97 Å². The molecule has 2 atom stereocenters. The van der Waals surface area contributed by atoms with Crippen molar-refractivity contribution in [3.8, 4) is 0 Å². The summed E-state index contributed by atoms with van der Waals surface area (Å²) >= 11 is 0. The number of hydrogen-bond donors (Lipinski definition) is 0. The first-order valence-electron chi connectivity index (χ1n) is 6.41. The second-order valence-corrected chi connectivity index (χ2v) is 5.25. The standard InChI is InChI=1S/C13H19N3O/c1-9-5-13(15-8-14-9)16-6-10(2)17-12(7-16)11-3-4-11/h5,8,10-12H,3-4,6-7H2,1-2H3. The van der Waals surface area contributed by atoms with E-state index >= 15 is 0 Å². The average Bonchev–Trinajstić information content (AvgIpc) is 3.12. The van der Waals surface area contributed by atoms with Crippen molar-refractivity contribution in [3.05, 3.63) is 18.1 Å². The number of morpholine rings is 1. The molecule has 0 amide bonds. The highest BCUT2D eigenvalue weighted by atomic mass is 16.5. The van der Waals surface area contributed by atoms with Gasteiger partial charge in [0.25, 0.3) is 0 Å². The lowest BCUT2D eigenvalue weighted by molar-refractivity contribution is -0.0273. The van der Waals surface area contributed by atoms with E-state index in [1.54, 1.807) is 6.33 Å². The molecule has 0 radical (unpaired) electrons. The molecule has 0 N–H and O–H groups in total. The van der Waals surface area contributed by atoms with Crippen LogP contribution in [0.2, 0.25) is 0 Å². The SMILES string of the molecule is Cc1cc(N2CC(C)OC(C3CC3)C2)ncn1. The third kappa shape index (κ3) is 2.41. The predicted octanol–water partition coefficient (Wildman–Crippen LogP) is 1.79. The first kappa shape index (κ1) is 11.0. The summed E-state index contributed by atoms with van der Waals surface area (Å²) in [4.78, 5) is 10.9. The molecule has 92 valence electrons. The van der Waals surface area contributed by atoms with Crippen LogP contribution in [0.1, 0.15) is 25.5 Å². The lowest BCUT2D eigenvalue weighted by Crippen LogP contribution is -2.47. The number of anilines is 1. The lowest BCUT2D eigenvalue weighted by atomic mass is 10.1. The molecule has 2 fully saturated rings. The Balaban J connectivity index is 1.77. The molecule has 1 aromatic rings. The van der Waals surface area contributed by atoms with Gasteiger partial charge in [0.2, 0.25) is 0 Å². The molecule has 1 aromatic heterocycles. The maximum absolute atomic E-state index is 6.01. The Morgan fingerprint density at radius 2 is 2.12 bits per heavy atom. The average molecular weight is 233 g/mol. The Morgan fingerprint density at radius 3 is 2.82 bits per heavy atom. The van der Waals surface area contributed by atoms with Crippen LogP contribution in [0.4, 0.5) is 5.82 Å². The quantitative estimate of drug-likeness (QED) is 0.780. The number of hydrogen-bond acceptors (Lipinski definition) is 4. The van der Waals surface area contributed by atoms with Crippen LogP contribution in [0.5, 0.6) is 0 Å². The van der Waals surface area contributed by atoms with Gasteiger partial charge in [0.15, 0.2) is 0 Å². The number of rotatable bonds is 2. The van der Waals surface area contributed by atoms with Crippen LogP contribution in [0.25, 0.3) is 0 Å². The van der Waals surface area contributed by atoms with Gasteiger partial charge < -0.3 is 9.64 Å². The Kier molecular flexibility index (Phi) is 2.74. The molecular formula is C13H19N3O. The van der Waals surface area contributed by atoms with Gasteiger partial charge in [0, 0.05) is 24.8 Å². The normalized spacial score (nSPS) is 29.4. The minimum Gasteiger partial charge on any atom is -0.371 e. The highest BCUT2D eigenvalue weighted by Gasteiger charge is 2.37. The fourth-order valence-corrected chi connectivity index (χ4v) is 2.52. The molecule has 17 heavy (non-hydrogen) atoms. The van der Waals surface area contributed by atoms with Gasteiger partial charge >= 0.3 is 0 Å². The van der Waals surface area contributed by atoms with E-state index in [0.717, 1.165) is 30.5 Å². The fourth-order valence-electron chi connectivity index (χ4n) is 2.52. The van der Waals surface area contributed by atoms with Crippen LogP contribution < -0.4 is 4.90 Å². The maximum Gasteiger partial charge on any atom is 0.132 e. The van der Waals surface area contributed by atoms with Gasteiger partial charge in [0.1, 0.15) is 12.1 Å². The summed E-state index contributed by atoms with van der Waals surface area (Å²) < 4.78 is 6.01. The molecule has 0 spiro atoms. The summed E-state index contributed by atoms with van der Waals surface area (Å²) in [6.07, 6.45) is 5.00. The van der Waals surface area contributed by atoms with Crippen LogP contribution in [0.3, 0.4) is 0 Å². The molecule has 1 saturated carbocycles. The molecule has 3 rings (SSSR count). The molecule has 0 aromatic carbocycles. The molecule has 2 aliphatic rings. The number of ether oxygens (including phenoxy) is 1. The number of nitrogens with zero attached hydrogens (tertiary/aromatic N) is 3. The van der Waals surface area contributed by atoms with Gasteiger partial charge in [0.05, 0.1) is 12.2 Å². The van der Waals surface area contributed by atoms with Crippen molar-refractivity contribution in [2.45, 2.75) is 38.9 Å². The first-order valence-corrected chi connectivity index (χ1v) is 6.41. The Bertz CT molecular complexity index is 405. The Labute approximate surface area is 102 Å². The predicted molar refractivity (Wildman–Crippen MR) is 66.0 cm³/mol. The van der Waals surface area contributed by atoms with Crippen molar-refractivity contribution in [1.29, 1.82) is 0 Å². The largest absolute Gasteiger partial charge is 0.371 e. The molecule has 2 heterocycles. The van der Waals surface area contributed by atoms with Crippen molar-refractivity contribution in [1.82, 2.24) is 9.97 Å². The molecule has 2 unspecified atom stereocenters. The maximum atomic E-state index is 6.01. The van der Waals surface area contributed by atoms with E-state index in [1.165, 1.54) is 12.8 Å². The van der Waals surface area contributed by atoms with Crippen LogP contribution in [0, 0.1) is 12.8 Å². The highest BCUT2D eigenvalue weighted by molar-refractivity contribution is 5.39. The van der Waals surface area contributed by atoms with E-state index in [4.69, 9.17) is 4.74 Å². The van der Waals surface area contributed by atoms with E-state index in [0.29, 0.717) is 12.2 Å². The van der Waals surface area contributed by atoms with E-state index in [1.807, 2.05) is 6.92 Å². The van der Waals surface area contributed by atoms with Gasteiger partial charge in [-0.1, -0.05) is 0 Å². The molecular weight excluding hydrogens is 214 g/mol. The molecule has 4 heteroatoms. The summed E-state index contributed by atoms with van der Waals surface area (Å²) in [5.74, 6) is 1.82. The molecule has 0 bridgehead atoms. The van der Waals surface area contributed by atoms with Crippen molar-refractivity contribution in [3.63, 3.8) is 0 Å². The third-order valence-electron chi connectivity index (χ3n) is 3.55. The van der Waals surface area contributed by atoms with E-state index in [2.05, 4.69) is 27.9 Å². The van der Waals surface area contributed by atoms with Crippen LogP contribution in [-0.2, 0) is 4.74 Å². The summed E-state index contributed by atoms with van der Waals surface area (Å²) in [7, 11) is 0. The van der Waals surface area contributed by atoms with Crippen molar-refractivity contribution in [2.24, 2.45) is 5.92 Å². The van der Waals surface area contributed by atoms with Gasteiger partial charge in [-0.15, -0.1) is 0 Å². The number of aromatic nitrogens is 2. The molecule has 1 aliphatic carbocycles. The first-order chi connectivity index (χ1) is 8.22. The van der Waals surface area contributed by atoms with Gasteiger partial charge in [-0.3, -0.25) is 0 Å². The summed E-state index contributed by atoms with van der Waals surface area (Å²) in [6.45, 7) is 6.06. The lowest BCUT2D eigenvalue weighted by Gasteiger charge is -2.37. The molecule has 1 aliphatic heterocycles. The minimum atomic E-state index is 0.296. The van der Waals surface area contributed by atoms with E-state index in [9.17, 15) is 0 Å². The topological polar surface area (TPSA) is 38.2 Å². The van der Waals surface area contributed by atoms with Crippen molar-refractivity contribution < 1.29 is 4.74 Å². The zero-order valence-corrected chi connectivity index (χ0v) is 10.5. The Hall–Kier alpha value is -1.16. The second kappa shape index (κ2) is 4.26. The third-order valence-corrected chi connectivity index (χ3v) is 3.55. The van der Waals surface area contributed by atoms with Gasteiger partial charge in [-0.2, -0.15) is 0 Å². The van der Waals surface area contributed by atoms with Crippen LogP contribution in [-0.4, -0.2) is 35.3 Å².